The van der Waals surface area contributed by atoms with Gasteiger partial charge in [0.25, 0.3) is 0 Å². The lowest BCUT2D eigenvalue weighted by Crippen LogP contribution is -2.09. The molecule has 0 unspecified atom stereocenters. The van der Waals surface area contributed by atoms with Gasteiger partial charge in [-0.25, -0.2) is 0 Å². The summed E-state index contributed by atoms with van der Waals surface area (Å²) in [5.41, 5.74) is 6.56. The van der Waals surface area contributed by atoms with Crippen LogP contribution in [0.3, 0.4) is 0 Å². The molecule has 0 aromatic heterocycles. The number of nitrogens with two attached hydrogens (primary N) is 1. The van der Waals surface area contributed by atoms with Crippen molar-refractivity contribution in [3.63, 3.8) is 0 Å². The van der Waals surface area contributed by atoms with Crippen LogP contribution in [0.1, 0.15) is 0 Å². The van der Waals surface area contributed by atoms with Gasteiger partial charge in [-0.3, -0.25) is 0 Å². The predicted molar refractivity (Wildman–Crippen MR) is 80.1 cm³/mol. The third kappa shape index (κ3) is 7.64. The summed E-state index contributed by atoms with van der Waals surface area (Å²) in [6.45, 7) is 3.08. The Kier molecular flexibility index (Phi) is 9.03. The van der Waals surface area contributed by atoms with Crippen LogP contribution < -0.4 is 5.73 Å². The number of hydrogen-bond donors (Lipinski definition) is 1. The molecule has 0 radical (unpaired) electrons. The zero-order chi connectivity index (χ0) is 13.9. The average molecular weight is 306 g/mol. The fourth-order valence-corrected chi connectivity index (χ4v) is 2.32. The molecule has 0 saturated heterocycles. The van der Waals surface area contributed by atoms with Crippen LogP contribution in [-0.4, -0.2) is 45.9 Å². The Morgan fingerprint density at radius 3 is 2.47 bits per heavy atom. The highest BCUT2D eigenvalue weighted by molar-refractivity contribution is 7.99. The second-order valence-corrected chi connectivity index (χ2v) is 5.32. The van der Waals surface area contributed by atoms with Crippen LogP contribution in [0.15, 0.2) is 23.1 Å². The Morgan fingerprint density at radius 2 is 1.79 bits per heavy atom. The van der Waals surface area contributed by atoms with Gasteiger partial charge < -0.3 is 19.9 Å². The van der Waals surface area contributed by atoms with E-state index >= 15 is 0 Å². The Bertz CT molecular complexity index is 366. The molecule has 4 nitrogen and oxygen atoms in total. The van der Waals surface area contributed by atoms with E-state index in [1.54, 1.807) is 24.9 Å². The lowest BCUT2D eigenvalue weighted by molar-refractivity contribution is 0.0286. The van der Waals surface area contributed by atoms with Gasteiger partial charge in [0.15, 0.2) is 0 Å². The van der Waals surface area contributed by atoms with Crippen LogP contribution in [-0.2, 0) is 14.2 Å². The van der Waals surface area contributed by atoms with Crippen LogP contribution in [0, 0.1) is 0 Å². The highest BCUT2D eigenvalue weighted by atomic mass is 35.5. The van der Waals surface area contributed by atoms with Gasteiger partial charge in [0.1, 0.15) is 0 Å². The van der Waals surface area contributed by atoms with Crippen LogP contribution in [0.4, 0.5) is 5.69 Å². The van der Waals surface area contributed by atoms with Gasteiger partial charge >= 0.3 is 0 Å². The fraction of sp³-hybridized carbons (Fsp3) is 0.538. The van der Waals surface area contributed by atoms with Gasteiger partial charge in [-0.2, -0.15) is 0 Å². The number of hydrogen-bond acceptors (Lipinski definition) is 5. The molecule has 0 bridgehead atoms. The van der Waals surface area contributed by atoms with Crippen molar-refractivity contribution in [2.75, 3.05) is 51.6 Å². The van der Waals surface area contributed by atoms with Crippen LogP contribution in [0.5, 0.6) is 0 Å². The summed E-state index contributed by atoms with van der Waals surface area (Å²) in [6, 6.07) is 5.52. The van der Waals surface area contributed by atoms with Crippen molar-refractivity contribution >= 4 is 29.1 Å². The first kappa shape index (κ1) is 16.6. The molecule has 0 fully saturated rings. The fourth-order valence-electron chi connectivity index (χ4n) is 1.33. The zero-order valence-corrected chi connectivity index (χ0v) is 12.6. The lowest BCUT2D eigenvalue weighted by Gasteiger charge is -2.07. The number of rotatable bonds is 10. The minimum atomic E-state index is 0.594. The Balaban J connectivity index is 2.01. The van der Waals surface area contributed by atoms with E-state index in [9.17, 15) is 0 Å². The third-order valence-electron chi connectivity index (χ3n) is 2.26. The maximum Gasteiger partial charge on any atom is 0.0701 e. The summed E-state index contributed by atoms with van der Waals surface area (Å²) in [6.07, 6.45) is 0. The van der Waals surface area contributed by atoms with E-state index in [1.807, 2.05) is 12.1 Å². The van der Waals surface area contributed by atoms with Crippen molar-refractivity contribution in [2.45, 2.75) is 4.90 Å². The molecule has 19 heavy (non-hydrogen) atoms. The molecule has 108 valence electrons. The first-order valence-corrected chi connectivity index (χ1v) is 7.42. The van der Waals surface area contributed by atoms with Crippen LogP contribution >= 0.6 is 23.4 Å². The van der Waals surface area contributed by atoms with Gasteiger partial charge in [0, 0.05) is 28.5 Å². The maximum absolute atomic E-state index is 5.85. The SMILES string of the molecule is COCCOCCOCCSc1ccc(Cl)cc1N. The molecule has 1 aromatic rings. The van der Waals surface area contributed by atoms with Gasteiger partial charge in [0.2, 0.25) is 0 Å². The molecule has 0 aliphatic carbocycles. The molecule has 1 rings (SSSR count). The predicted octanol–water partition coefficient (Wildman–Crippen LogP) is 2.69. The summed E-state index contributed by atoms with van der Waals surface area (Å²) in [7, 11) is 1.65. The molecule has 0 saturated carbocycles. The van der Waals surface area contributed by atoms with E-state index in [-0.39, 0.29) is 0 Å². The zero-order valence-electron chi connectivity index (χ0n) is 11.1. The first-order chi connectivity index (χ1) is 9.24. The van der Waals surface area contributed by atoms with E-state index in [2.05, 4.69) is 0 Å². The van der Waals surface area contributed by atoms with Crippen molar-refractivity contribution in [3.8, 4) is 0 Å². The summed E-state index contributed by atoms with van der Waals surface area (Å²) in [5, 5.41) is 0.659. The maximum atomic E-state index is 5.85. The van der Waals surface area contributed by atoms with Crippen molar-refractivity contribution in [2.24, 2.45) is 0 Å². The molecule has 0 heterocycles. The second-order valence-electron chi connectivity index (χ2n) is 3.75. The van der Waals surface area contributed by atoms with Crippen molar-refractivity contribution in [1.82, 2.24) is 0 Å². The number of ether oxygens (including phenoxy) is 3. The number of methoxy groups -OCH3 is 1. The first-order valence-electron chi connectivity index (χ1n) is 6.06. The number of thioether (sulfide) groups is 1. The molecule has 0 aliphatic heterocycles. The molecular weight excluding hydrogens is 286 g/mol. The number of nitrogen functional groups attached to an aromatic ring is 1. The number of anilines is 1. The summed E-state index contributed by atoms with van der Waals surface area (Å²) >= 11 is 7.49. The molecule has 0 aliphatic rings. The van der Waals surface area contributed by atoms with Crippen molar-refractivity contribution in [3.05, 3.63) is 23.2 Å². The highest BCUT2D eigenvalue weighted by Gasteiger charge is 2.00. The van der Waals surface area contributed by atoms with Crippen molar-refractivity contribution in [1.29, 1.82) is 0 Å². The molecule has 2 N–H and O–H groups in total. The van der Waals surface area contributed by atoms with E-state index in [0.717, 1.165) is 10.6 Å². The highest BCUT2D eigenvalue weighted by Crippen LogP contribution is 2.27. The smallest absolute Gasteiger partial charge is 0.0701 e. The van der Waals surface area contributed by atoms with Gasteiger partial charge in [-0.05, 0) is 18.2 Å². The third-order valence-corrected chi connectivity index (χ3v) is 3.55. The summed E-state index contributed by atoms with van der Waals surface area (Å²) in [4.78, 5) is 1.03. The minimum absolute atomic E-state index is 0.594. The second kappa shape index (κ2) is 10.3. The summed E-state index contributed by atoms with van der Waals surface area (Å²) in [5.74, 6) is 0.851. The molecule has 6 heteroatoms. The molecule has 1 aromatic carbocycles. The Hall–Kier alpha value is -0.460. The van der Waals surface area contributed by atoms with Crippen LogP contribution in [0.2, 0.25) is 5.02 Å². The Morgan fingerprint density at radius 1 is 1.11 bits per heavy atom. The van der Waals surface area contributed by atoms with E-state index in [0.29, 0.717) is 43.7 Å². The minimum Gasteiger partial charge on any atom is -0.398 e. The normalized spacial score (nSPS) is 10.8. The van der Waals surface area contributed by atoms with Gasteiger partial charge in [-0.1, -0.05) is 11.6 Å². The van der Waals surface area contributed by atoms with Gasteiger partial charge in [0.05, 0.1) is 33.0 Å². The molecule has 0 spiro atoms. The average Bonchev–Trinajstić information content (AvgIpc) is 2.39. The topological polar surface area (TPSA) is 53.7 Å². The molecule has 0 amide bonds. The number of halogens is 1. The lowest BCUT2D eigenvalue weighted by atomic mass is 10.3. The monoisotopic (exact) mass is 305 g/mol. The van der Waals surface area contributed by atoms with Gasteiger partial charge in [-0.15, -0.1) is 11.8 Å². The van der Waals surface area contributed by atoms with E-state index in [4.69, 9.17) is 31.5 Å². The largest absolute Gasteiger partial charge is 0.398 e. The van der Waals surface area contributed by atoms with Crippen molar-refractivity contribution < 1.29 is 14.2 Å². The standard InChI is InChI=1S/C13H20ClNO3S/c1-16-4-5-17-6-7-18-8-9-19-13-3-2-11(14)10-12(13)15/h2-3,10H,4-9,15H2,1H3. The molecular formula is C13H20ClNO3S. The van der Waals surface area contributed by atoms with Crippen LogP contribution in [0.25, 0.3) is 0 Å². The Labute approximate surface area is 123 Å². The quantitative estimate of drug-likeness (QED) is 0.409. The summed E-state index contributed by atoms with van der Waals surface area (Å²) < 4.78 is 15.6. The number of benzene rings is 1. The van der Waals surface area contributed by atoms with E-state index < -0.39 is 0 Å². The van der Waals surface area contributed by atoms with E-state index in [1.165, 1.54) is 0 Å². The molecule has 0 atom stereocenters.